The molecule has 0 spiro atoms. The minimum Gasteiger partial charge on any atom is -0.488 e. The molecule has 1 aromatic heterocycles. The van der Waals surface area contributed by atoms with Crippen molar-refractivity contribution in [3.05, 3.63) is 30.5 Å². The Labute approximate surface area is 101 Å². The molecule has 1 aromatic carbocycles. The first-order valence-corrected chi connectivity index (χ1v) is 6.26. The van der Waals surface area contributed by atoms with Gasteiger partial charge >= 0.3 is 0 Å². The van der Waals surface area contributed by atoms with Crippen molar-refractivity contribution in [3.8, 4) is 5.75 Å². The van der Waals surface area contributed by atoms with Crippen molar-refractivity contribution in [3.63, 3.8) is 0 Å². The van der Waals surface area contributed by atoms with Crippen molar-refractivity contribution in [1.29, 1.82) is 0 Å². The summed E-state index contributed by atoms with van der Waals surface area (Å²) in [4.78, 5) is 0. The fraction of sp³-hybridized carbons (Fsp3) is 0.429. The van der Waals surface area contributed by atoms with Gasteiger partial charge < -0.3 is 14.5 Å². The number of hydrogen-bond donors (Lipinski definition) is 1. The van der Waals surface area contributed by atoms with E-state index in [1.807, 2.05) is 24.3 Å². The predicted octanol–water partition coefficient (Wildman–Crippen LogP) is 2.95. The molecule has 0 bridgehead atoms. The molecule has 2 heterocycles. The quantitative estimate of drug-likeness (QED) is 0.882. The van der Waals surface area contributed by atoms with Crippen molar-refractivity contribution in [1.82, 2.24) is 5.32 Å². The SMILES string of the molecule is c1cc(OCC2CCCCN2)c2occc2c1. The highest BCUT2D eigenvalue weighted by Crippen LogP contribution is 2.26. The summed E-state index contributed by atoms with van der Waals surface area (Å²) in [5.41, 5.74) is 0.850. The van der Waals surface area contributed by atoms with Crippen LogP contribution in [0, 0.1) is 0 Å². The van der Waals surface area contributed by atoms with Crippen LogP contribution in [0.25, 0.3) is 11.0 Å². The average molecular weight is 231 g/mol. The second kappa shape index (κ2) is 4.80. The van der Waals surface area contributed by atoms with Gasteiger partial charge in [-0.2, -0.15) is 0 Å². The Hall–Kier alpha value is -1.48. The number of rotatable bonds is 3. The van der Waals surface area contributed by atoms with E-state index in [1.165, 1.54) is 19.3 Å². The summed E-state index contributed by atoms with van der Waals surface area (Å²) in [6.07, 6.45) is 5.49. The molecule has 2 aromatic rings. The largest absolute Gasteiger partial charge is 0.488 e. The number of ether oxygens (including phenoxy) is 1. The van der Waals surface area contributed by atoms with Crippen LogP contribution in [0.2, 0.25) is 0 Å². The molecule has 3 heteroatoms. The highest BCUT2D eigenvalue weighted by molar-refractivity contribution is 5.82. The van der Waals surface area contributed by atoms with Crippen LogP contribution in [-0.2, 0) is 0 Å². The minimum absolute atomic E-state index is 0.481. The lowest BCUT2D eigenvalue weighted by Gasteiger charge is -2.23. The highest BCUT2D eigenvalue weighted by atomic mass is 16.5. The summed E-state index contributed by atoms with van der Waals surface area (Å²) in [5.74, 6) is 0.847. The first kappa shape index (κ1) is 10.7. The summed E-state index contributed by atoms with van der Waals surface area (Å²) in [5, 5.41) is 4.57. The molecule has 0 amide bonds. The molecule has 0 aliphatic carbocycles. The Kier molecular flexibility index (Phi) is 3.01. The van der Waals surface area contributed by atoms with Crippen LogP contribution in [-0.4, -0.2) is 19.2 Å². The van der Waals surface area contributed by atoms with Crippen LogP contribution >= 0.6 is 0 Å². The molecule has 1 atom stereocenters. The van der Waals surface area contributed by atoms with Crippen LogP contribution in [0.3, 0.4) is 0 Å². The molecule has 1 aliphatic heterocycles. The zero-order valence-corrected chi connectivity index (χ0v) is 9.82. The number of piperidine rings is 1. The van der Waals surface area contributed by atoms with Crippen molar-refractivity contribution < 1.29 is 9.15 Å². The van der Waals surface area contributed by atoms with Gasteiger partial charge in [0, 0.05) is 11.4 Å². The predicted molar refractivity (Wildman–Crippen MR) is 67.4 cm³/mol. The van der Waals surface area contributed by atoms with Gasteiger partial charge in [0.25, 0.3) is 0 Å². The third-order valence-electron chi connectivity index (χ3n) is 3.30. The second-order valence-electron chi connectivity index (χ2n) is 4.55. The highest BCUT2D eigenvalue weighted by Gasteiger charge is 2.14. The van der Waals surface area contributed by atoms with E-state index in [9.17, 15) is 0 Å². The molecule has 90 valence electrons. The first-order chi connectivity index (χ1) is 8.43. The maximum atomic E-state index is 5.86. The lowest BCUT2D eigenvalue weighted by molar-refractivity contribution is 0.239. The molecule has 17 heavy (non-hydrogen) atoms. The van der Waals surface area contributed by atoms with Gasteiger partial charge in [0.1, 0.15) is 6.61 Å². The van der Waals surface area contributed by atoms with Crippen LogP contribution in [0.15, 0.2) is 34.9 Å². The summed E-state index contributed by atoms with van der Waals surface area (Å²) >= 11 is 0. The van der Waals surface area contributed by atoms with Crippen molar-refractivity contribution in [2.24, 2.45) is 0 Å². The summed E-state index contributed by atoms with van der Waals surface area (Å²) < 4.78 is 11.3. The molecule has 1 aliphatic rings. The molecular formula is C14H17NO2. The second-order valence-corrected chi connectivity index (χ2v) is 4.55. The van der Waals surface area contributed by atoms with Gasteiger partial charge in [-0.05, 0) is 31.5 Å². The van der Waals surface area contributed by atoms with Gasteiger partial charge in [0.05, 0.1) is 6.26 Å². The Morgan fingerprint density at radius 3 is 3.18 bits per heavy atom. The maximum Gasteiger partial charge on any atom is 0.175 e. The average Bonchev–Trinajstić information content (AvgIpc) is 2.86. The van der Waals surface area contributed by atoms with E-state index in [2.05, 4.69) is 5.32 Å². The van der Waals surface area contributed by atoms with E-state index >= 15 is 0 Å². The monoisotopic (exact) mass is 231 g/mol. The maximum absolute atomic E-state index is 5.86. The van der Waals surface area contributed by atoms with E-state index in [-0.39, 0.29) is 0 Å². The molecule has 1 unspecified atom stereocenters. The van der Waals surface area contributed by atoms with Crippen LogP contribution < -0.4 is 10.1 Å². The van der Waals surface area contributed by atoms with Crippen LogP contribution in [0.5, 0.6) is 5.75 Å². The summed E-state index contributed by atoms with van der Waals surface area (Å²) in [6, 6.07) is 8.44. The number of para-hydroxylation sites is 1. The third kappa shape index (κ3) is 2.29. The molecule has 0 radical (unpaired) electrons. The number of hydrogen-bond acceptors (Lipinski definition) is 3. The number of fused-ring (bicyclic) bond motifs is 1. The van der Waals surface area contributed by atoms with E-state index in [0.717, 1.165) is 29.9 Å². The first-order valence-electron chi connectivity index (χ1n) is 6.26. The lowest BCUT2D eigenvalue weighted by atomic mass is 10.1. The molecule has 0 saturated carbocycles. The van der Waals surface area contributed by atoms with E-state index in [4.69, 9.17) is 9.15 Å². The van der Waals surface area contributed by atoms with Crippen LogP contribution in [0.1, 0.15) is 19.3 Å². The fourth-order valence-electron chi connectivity index (χ4n) is 2.34. The van der Waals surface area contributed by atoms with Gasteiger partial charge in [-0.1, -0.05) is 18.6 Å². The molecule has 1 N–H and O–H groups in total. The molecule has 1 saturated heterocycles. The lowest BCUT2D eigenvalue weighted by Crippen LogP contribution is -2.38. The molecule has 3 nitrogen and oxygen atoms in total. The van der Waals surface area contributed by atoms with Gasteiger partial charge in [-0.3, -0.25) is 0 Å². The fourth-order valence-corrected chi connectivity index (χ4v) is 2.34. The van der Waals surface area contributed by atoms with E-state index in [1.54, 1.807) is 6.26 Å². The third-order valence-corrected chi connectivity index (χ3v) is 3.30. The van der Waals surface area contributed by atoms with E-state index < -0.39 is 0 Å². The van der Waals surface area contributed by atoms with Crippen LogP contribution in [0.4, 0.5) is 0 Å². The van der Waals surface area contributed by atoms with Gasteiger partial charge in [0.15, 0.2) is 11.3 Å². The van der Waals surface area contributed by atoms with Crippen molar-refractivity contribution in [2.45, 2.75) is 25.3 Å². The van der Waals surface area contributed by atoms with Gasteiger partial charge in [0.2, 0.25) is 0 Å². The van der Waals surface area contributed by atoms with Crippen molar-refractivity contribution >= 4 is 11.0 Å². The topological polar surface area (TPSA) is 34.4 Å². The standard InChI is InChI=1S/C14H17NO2/c1-2-8-15-12(5-1)10-17-13-6-3-4-11-7-9-16-14(11)13/h3-4,6-7,9,12,15H,1-2,5,8,10H2. The number of nitrogens with one attached hydrogen (secondary N) is 1. The number of benzene rings is 1. The smallest absolute Gasteiger partial charge is 0.175 e. The summed E-state index contributed by atoms with van der Waals surface area (Å²) in [6.45, 7) is 1.83. The normalized spacial score (nSPS) is 20.6. The zero-order valence-electron chi connectivity index (χ0n) is 9.82. The van der Waals surface area contributed by atoms with Crippen molar-refractivity contribution in [2.75, 3.05) is 13.2 Å². The van der Waals surface area contributed by atoms with Gasteiger partial charge in [-0.15, -0.1) is 0 Å². The van der Waals surface area contributed by atoms with E-state index in [0.29, 0.717) is 6.04 Å². The molecular weight excluding hydrogens is 214 g/mol. The molecule has 1 fully saturated rings. The number of furan rings is 1. The Morgan fingerprint density at radius 1 is 1.29 bits per heavy atom. The Bertz CT molecular complexity index is 486. The van der Waals surface area contributed by atoms with Gasteiger partial charge in [-0.25, -0.2) is 0 Å². The Morgan fingerprint density at radius 2 is 2.29 bits per heavy atom. The molecule has 3 rings (SSSR count). The Balaban J connectivity index is 1.69. The zero-order chi connectivity index (χ0) is 11.5. The minimum atomic E-state index is 0.481. The summed E-state index contributed by atoms with van der Waals surface area (Å²) in [7, 11) is 0.